The summed E-state index contributed by atoms with van der Waals surface area (Å²) in [5.74, 6) is -0.397. The minimum absolute atomic E-state index is 0.228. The Morgan fingerprint density at radius 1 is 1.33 bits per heavy atom. The van der Waals surface area contributed by atoms with Crippen molar-refractivity contribution >= 4 is 27.6 Å². The lowest BCUT2D eigenvalue weighted by molar-refractivity contribution is -0.0281. The molecule has 0 heterocycles. The third-order valence-electron chi connectivity index (χ3n) is 2.08. The Bertz CT molecular complexity index is 427. The van der Waals surface area contributed by atoms with Gasteiger partial charge in [0.15, 0.2) is 0 Å². The Hall–Kier alpha value is -1.07. The first-order chi connectivity index (χ1) is 8.29. The van der Waals surface area contributed by atoms with Crippen LogP contribution >= 0.6 is 15.9 Å². The number of halogens is 1. The highest BCUT2D eigenvalue weighted by Crippen LogP contribution is 2.20. The number of rotatable bonds is 4. The van der Waals surface area contributed by atoms with Crippen molar-refractivity contribution in [3.8, 4) is 0 Å². The number of ether oxygens (including phenoxy) is 2. The molecule has 4 nitrogen and oxygen atoms in total. The first-order valence-corrected chi connectivity index (χ1v) is 6.45. The number of carbonyl (C=O) groups excluding carboxylic acids is 1. The van der Waals surface area contributed by atoms with Crippen molar-refractivity contribution in [2.45, 2.75) is 26.4 Å². The lowest BCUT2D eigenvalue weighted by Crippen LogP contribution is -2.22. The summed E-state index contributed by atoms with van der Waals surface area (Å²) >= 11 is 3.27. The van der Waals surface area contributed by atoms with Gasteiger partial charge in [0.2, 0.25) is 0 Å². The van der Waals surface area contributed by atoms with Gasteiger partial charge in [0, 0.05) is 10.2 Å². The van der Waals surface area contributed by atoms with Crippen LogP contribution in [0, 0.1) is 0 Å². The molecule has 0 aliphatic rings. The molecular weight excluding hydrogens is 298 g/mol. The quantitative estimate of drug-likeness (QED) is 0.527. The van der Waals surface area contributed by atoms with Gasteiger partial charge < -0.3 is 15.2 Å². The molecule has 0 amide bonds. The van der Waals surface area contributed by atoms with E-state index < -0.39 is 5.97 Å². The van der Waals surface area contributed by atoms with Gasteiger partial charge in [-0.1, -0.05) is 0 Å². The van der Waals surface area contributed by atoms with Crippen LogP contribution < -0.4 is 5.73 Å². The third-order valence-corrected chi connectivity index (χ3v) is 2.81. The average Bonchev–Trinajstić information content (AvgIpc) is 2.26. The van der Waals surface area contributed by atoms with Gasteiger partial charge in [0.05, 0.1) is 17.8 Å². The van der Waals surface area contributed by atoms with Crippen LogP contribution in [0.25, 0.3) is 0 Å². The molecule has 0 bridgehead atoms. The number of hydrogen-bond donors (Lipinski definition) is 1. The molecule has 1 aromatic rings. The molecule has 0 atom stereocenters. The highest BCUT2D eigenvalue weighted by molar-refractivity contribution is 9.10. The molecule has 0 aliphatic carbocycles. The van der Waals surface area contributed by atoms with Crippen LogP contribution in [0.5, 0.6) is 0 Å². The third kappa shape index (κ3) is 5.06. The van der Waals surface area contributed by atoms with Gasteiger partial charge in [-0.25, -0.2) is 4.79 Å². The molecular formula is C13H18BrNO3. The van der Waals surface area contributed by atoms with Crippen LogP contribution in [0.4, 0.5) is 5.69 Å². The molecule has 0 radical (unpaired) electrons. The molecule has 0 saturated carbocycles. The zero-order chi connectivity index (χ0) is 13.8. The van der Waals surface area contributed by atoms with Gasteiger partial charge in [-0.15, -0.1) is 0 Å². The number of esters is 1. The highest BCUT2D eigenvalue weighted by Gasteiger charge is 2.11. The molecule has 0 fully saturated rings. The van der Waals surface area contributed by atoms with Gasteiger partial charge in [-0.2, -0.15) is 0 Å². The van der Waals surface area contributed by atoms with Crippen molar-refractivity contribution in [2.24, 2.45) is 0 Å². The van der Waals surface area contributed by atoms with E-state index in [0.717, 1.165) is 4.47 Å². The van der Waals surface area contributed by atoms with Crippen molar-refractivity contribution in [3.63, 3.8) is 0 Å². The largest absolute Gasteiger partial charge is 0.460 e. The lowest BCUT2D eigenvalue weighted by atomic mass is 10.2. The second-order valence-corrected chi connectivity index (χ2v) is 5.69. The van der Waals surface area contributed by atoms with E-state index in [9.17, 15) is 4.79 Å². The normalized spacial score (nSPS) is 11.3. The molecule has 5 heteroatoms. The molecule has 0 spiro atoms. The molecule has 1 aromatic carbocycles. The number of carbonyl (C=O) groups is 1. The van der Waals surface area contributed by atoms with Crippen molar-refractivity contribution < 1.29 is 14.3 Å². The van der Waals surface area contributed by atoms with Gasteiger partial charge >= 0.3 is 5.97 Å². The van der Waals surface area contributed by atoms with E-state index in [2.05, 4.69) is 15.9 Å². The maximum Gasteiger partial charge on any atom is 0.338 e. The summed E-state index contributed by atoms with van der Waals surface area (Å²) in [4.78, 5) is 11.7. The van der Waals surface area contributed by atoms with E-state index in [4.69, 9.17) is 15.2 Å². The van der Waals surface area contributed by atoms with E-state index in [0.29, 0.717) is 17.9 Å². The smallest absolute Gasteiger partial charge is 0.338 e. The van der Waals surface area contributed by atoms with Crippen LogP contribution in [-0.4, -0.2) is 24.8 Å². The number of hydrogen-bond acceptors (Lipinski definition) is 4. The second kappa shape index (κ2) is 6.20. The minimum Gasteiger partial charge on any atom is -0.460 e. The van der Waals surface area contributed by atoms with E-state index in [1.165, 1.54) is 0 Å². The standard InChI is InChI=1S/C13H18BrNO3/c1-13(2,3)18-7-6-17-12(16)9-4-5-10(14)11(15)8-9/h4-5,8H,6-7,15H2,1-3H3. The Kier molecular flexibility index (Phi) is 5.16. The van der Waals surface area contributed by atoms with Crippen LogP contribution in [0.3, 0.4) is 0 Å². The molecule has 18 heavy (non-hydrogen) atoms. The van der Waals surface area contributed by atoms with Crippen LogP contribution in [-0.2, 0) is 9.47 Å². The van der Waals surface area contributed by atoms with Gasteiger partial charge in [-0.05, 0) is 54.9 Å². The summed E-state index contributed by atoms with van der Waals surface area (Å²) in [7, 11) is 0. The van der Waals surface area contributed by atoms with E-state index in [1.807, 2.05) is 20.8 Å². The maximum atomic E-state index is 11.7. The van der Waals surface area contributed by atoms with Crippen LogP contribution in [0.2, 0.25) is 0 Å². The fourth-order valence-electron chi connectivity index (χ4n) is 1.24. The fourth-order valence-corrected chi connectivity index (χ4v) is 1.48. The Morgan fingerprint density at radius 2 is 2.00 bits per heavy atom. The average molecular weight is 316 g/mol. The second-order valence-electron chi connectivity index (χ2n) is 4.83. The number of benzene rings is 1. The van der Waals surface area contributed by atoms with E-state index in [1.54, 1.807) is 18.2 Å². The zero-order valence-corrected chi connectivity index (χ0v) is 12.4. The Labute approximate surface area is 116 Å². The molecule has 100 valence electrons. The molecule has 0 aromatic heterocycles. The summed E-state index contributed by atoms with van der Waals surface area (Å²) in [6, 6.07) is 4.96. The van der Waals surface area contributed by atoms with Crippen LogP contribution in [0.1, 0.15) is 31.1 Å². The monoisotopic (exact) mass is 315 g/mol. The summed E-state index contributed by atoms with van der Waals surface area (Å²) in [5, 5.41) is 0. The molecule has 0 unspecified atom stereocenters. The summed E-state index contributed by atoms with van der Waals surface area (Å²) in [6.07, 6.45) is 0. The predicted octanol–water partition coefficient (Wildman–Crippen LogP) is 3.00. The predicted molar refractivity (Wildman–Crippen MR) is 74.5 cm³/mol. The fraction of sp³-hybridized carbons (Fsp3) is 0.462. The van der Waals surface area contributed by atoms with Gasteiger partial charge in [0.25, 0.3) is 0 Å². The Balaban J connectivity index is 2.43. The van der Waals surface area contributed by atoms with E-state index >= 15 is 0 Å². The lowest BCUT2D eigenvalue weighted by Gasteiger charge is -2.19. The van der Waals surface area contributed by atoms with Crippen molar-refractivity contribution in [3.05, 3.63) is 28.2 Å². The van der Waals surface area contributed by atoms with Crippen molar-refractivity contribution in [1.29, 1.82) is 0 Å². The molecule has 0 saturated heterocycles. The number of nitrogen functional groups attached to an aromatic ring is 1. The highest BCUT2D eigenvalue weighted by atomic mass is 79.9. The Morgan fingerprint density at radius 3 is 2.56 bits per heavy atom. The molecule has 2 N–H and O–H groups in total. The number of anilines is 1. The summed E-state index contributed by atoms with van der Waals surface area (Å²) in [5.41, 5.74) is 6.41. The van der Waals surface area contributed by atoms with Crippen molar-refractivity contribution in [2.75, 3.05) is 18.9 Å². The van der Waals surface area contributed by atoms with Gasteiger partial charge in [-0.3, -0.25) is 0 Å². The van der Waals surface area contributed by atoms with Crippen LogP contribution in [0.15, 0.2) is 22.7 Å². The maximum absolute atomic E-state index is 11.7. The van der Waals surface area contributed by atoms with E-state index in [-0.39, 0.29) is 12.2 Å². The number of nitrogens with two attached hydrogens (primary N) is 1. The van der Waals surface area contributed by atoms with Gasteiger partial charge in [0.1, 0.15) is 6.61 Å². The SMILES string of the molecule is CC(C)(C)OCCOC(=O)c1ccc(Br)c(N)c1. The molecule has 0 aliphatic heterocycles. The summed E-state index contributed by atoms with van der Waals surface area (Å²) < 4.78 is 11.3. The minimum atomic E-state index is -0.397. The molecule has 1 rings (SSSR count). The topological polar surface area (TPSA) is 61.5 Å². The zero-order valence-electron chi connectivity index (χ0n) is 10.8. The first-order valence-electron chi connectivity index (χ1n) is 5.66. The summed E-state index contributed by atoms with van der Waals surface area (Å²) in [6.45, 7) is 6.45. The first kappa shape index (κ1) is 15.0. The van der Waals surface area contributed by atoms with Crippen molar-refractivity contribution in [1.82, 2.24) is 0 Å².